The minimum absolute atomic E-state index is 0. The zero-order valence-corrected chi connectivity index (χ0v) is 15.8. The van der Waals surface area contributed by atoms with Crippen LogP contribution in [0.3, 0.4) is 0 Å². The van der Waals surface area contributed by atoms with Gasteiger partial charge >= 0.3 is 0 Å². The van der Waals surface area contributed by atoms with E-state index in [1.165, 1.54) is 10.4 Å². The molecule has 0 saturated carbocycles. The Labute approximate surface area is 153 Å². The molecule has 1 unspecified atom stereocenters. The summed E-state index contributed by atoms with van der Waals surface area (Å²) in [7, 11) is 1.89. The molecule has 0 spiro atoms. The fraction of sp³-hybridized carbons (Fsp3) is 0.444. The van der Waals surface area contributed by atoms with Crippen LogP contribution in [-0.4, -0.2) is 42.5 Å². The van der Waals surface area contributed by atoms with Gasteiger partial charge in [0.2, 0.25) is 0 Å². The van der Waals surface area contributed by atoms with E-state index in [-0.39, 0.29) is 18.3 Å². The molecule has 1 aliphatic heterocycles. The van der Waals surface area contributed by atoms with Gasteiger partial charge in [0.05, 0.1) is 11.2 Å². The molecule has 2 heterocycles. The van der Waals surface area contributed by atoms with Crippen LogP contribution in [0.2, 0.25) is 0 Å². The number of hydrogen-bond donors (Lipinski definition) is 1. The number of nitrogens with zero attached hydrogens (tertiary/aromatic N) is 2. The number of amides is 1. The van der Waals surface area contributed by atoms with Crippen molar-refractivity contribution >= 4 is 29.7 Å². The van der Waals surface area contributed by atoms with E-state index in [4.69, 9.17) is 0 Å². The molecule has 0 aliphatic carbocycles. The lowest BCUT2D eigenvalue weighted by atomic mass is 9.93. The molecule has 6 heteroatoms. The van der Waals surface area contributed by atoms with E-state index in [0.717, 1.165) is 43.7 Å². The molecule has 24 heavy (non-hydrogen) atoms. The molecule has 3 rings (SSSR count). The Hall–Kier alpha value is -1.43. The third-order valence-corrected chi connectivity index (χ3v) is 5.55. The van der Waals surface area contributed by atoms with Crippen molar-refractivity contribution in [2.45, 2.75) is 25.7 Å². The van der Waals surface area contributed by atoms with E-state index in [0.29, 0.717) is 5.92 Å². The van der Waals surface area contributed by atoms with Crippen molar-refractivity contribution in [2.24, 2.45) is 0 Å². The molecule has 1 aromatic carbocycles. The van der Waals surface area contributed by atoms with Crippen LogP contribution in [0, 0.1) is 6.92 Å². The first-order valence-electron chi connectivity index (χ1n) is 8.11. The lowest BCUT2D eigenvalue weighted by molar-refractivity contribution is 0.0795. The lowest BCUT2D eigenvalue weighted by Crippen LogP contribution is -2.30. The van der Waals surface area contributed by atoms with Crippen molar-refractivity contribution in [1.82, 2.24) is 15.2 Å². The standard InChI is InChI=1S/C18H23N3OS.ClH/c1-13-17(23-12-20-13)8-10-21(2)18(22)16-6-4-3-5-15(16)14-7-9-19-11-14;/h3-6,12,14,19H,7-11H2,1-2H3;1H. The highest BCUT2D eigenvalue weighted by atomic mass is 35.5. The maximum atomic E-state index is 12.9. The van der Waals surface area contributed by atoms with Crippen LogP contribution in [0.5, 0.6) is 0 Å². The molecule has 1 N–H and O–H groups in total. The number of rotatable bonds is 5. The second kappa shape index (κ2) is 8.60. The number of benzene rings is 1. The number of hydrogen-bond acceptors (Lipinski definition) is 4. The van der Waals surface area contributed by atoms with Crippen molar-refractivity contribution in [1.29, 1.82) is 0 Å². The van der Waals surface area contributed by atoms with Gasteiger partial charge in [0, 0.05) is 37.0 Å². The molecule has 1 amide bonds. The van der Waals surface area contributed by atoms with Crippen LogP contribution < -0.4 is 5.32 Å². The molecule has 130 valence electrons. The Kier molecular flexibility index (Phi) is 6.78. The summed E-state index contributed by atoms with van der Waals surface area (Å²) in [5, 5.41) is 3.39. The second-order valence-corrected chi connectivity index (χ2v) is 7.05. The predicted octanol–water partition coefficient (Wildman–Crippen LogP) is 3.26. The maximum absolute atomic E-state index is 12.9. The van der Waals surface area contributed by atoms with E-state index in [1.54, 1.807) is 11.3 Å². The van der Waals surface area contributed by atoms with E-state index in [1.807, 2.05) is 42.6 Å². The zero-order valence-electron chi connectivity index (χ0n) is 14.1. The summed E-state index contributed by atoms with van der Waals surface area (Å²) in [6.07, 6.45) is 1.97. The van der Waals surface area contributed by atoms with Gasteiger partial charge in [0.15, 0.2) is 0 Å². The SMILES string of the molecule is Cc1ncsc1CCN(C)C(=O)c1ccccc1C1CCNC1.Cl. The Morgan fingerprint density at radius 2 is 2.21 bits per heavy atom. The van der Waals surface area contributed by atoms with Crippen molar-refractivity contribution in [2.75, 3.05) is 26.7 Å². The predicted molar refractivity (Wildman–Crippen MR) is 101 cm³/mol. The molecule has 1 aromatic heterocycles. The Balaban J connectivity index is 0.00000208. The molecular formula is C18H24ClN3OS. The molecule has 1 saturated heterocycles. The van der Waals surface area contributed by atoms with Gasteiger partial charge in [-0.25, -0.2) is 4.98 Å². The average molecular weight is 366 g/mol. The molecule has 4 nitrogen and oxygen atoms in total. The number of carbonyl (C=O) groups excluding carboxylic acids is 1. The van der Waals surface area contributed by atoms with Crippen molar-refractivity contribution in [3.8, 4) is 0 Å². The van der Waals surface area contributed by atoms with Crippen molar-refractivity contribution < 1.29 is 4.79 Å². The first kappa shape index (κ1) is 18.9. The van der Waals surface area contributed by atoms with Crippen LogP contribution in [0.25, 0.3) is 0 Å². The smallest absolute Gasteiger partial charge is 0.253 e. The van der Waals surface area contributed by atoms with Gasteiger partial charge in [-0.15, -0.1) is 23.7 Å². The summed E-state index contributed by atoms with van der Waals surface area (Å²) in [6, 6.07) is 8.06. The Bertz CT molecular complexity index is 682. The van der Waals surface area contributed by atoms with Crippen molar-refractivity contribution in [3.63, 3.8) is 0 Å². The summed E-state index contributed by atoms with van der Waals surface area (Å²) in [5.74, 6) is 0.571. The Morgan fingerprint density at radius 1 is 1.42 bits per heavy atom. The quantitative estimate of drug-likeness (QED) is 0.884. The highest BCUT2D eigenvalue weighted by molar-refractivity contribution is 7.09. The van der Waals surface area contributed by atoms with E-state index in [9.17, 15) is 4.79 Å². The summed E-state index contributed by atoms with van der Waals surface area (Å²) in [5.41, 5.74) is 4.98. The molecule has 1 aliphatic rings. The largest absolute Gasteiger partial charge is 0.341 e. The van der Waals surface area contributed by atoms with Crippen LogP contribution >= 0.6 is 23.7 Å². The monoisotopic (exact) mass is 365 g/mol. The number of nitrogens with one attached hydrogen (secondary N) is 1. The summed E-state index contributed by atoms with van der Waals surface area (Å²) in [6.45, 7) is 4.75. The van der Waals surface area contributed by atoms with E-state index in [2.05, 4.69) is 16.4 Å². The number of aryl methyl sites for hydroxylation is 1. The number of aromatic nitrogens is 1. The minimum Gasteiger partial charge on any atom is -0.341 e. The summed E-state index contributed by atoms with van der Waals surface area (Å²) in [4.78, 5) is 20.2. The summed E-state index contributed by atoms with van der Waals surface area (Å²) < 4.78 is 0. The van der Waals surface area contributed by atoms with Gasteiger partial charge in [-0.3, -0.25) is 4.79 Å². The summed E-state index contributed by atoms with van der Waals surface area (Å²) >= 11 is 1.67. The third kappa shape index (κ3) is 4.15. The highest BCUT2D eigenvalue weighted by Crippen LogP contribution is 2.26. The van der Waals surface area contributed by atoms with Gasteiger partial charge in [-0.05, 0) is 37.4 Å². The number of likely N-dealkylation sites (N-methyl/N-ethyl adjacent to an activating group) is 1. The molecule has 0 radical (unpaired) electrons. The van der Waals surface area contributed by atoms with Gasteiger partial charge in [-0.1, -0.05) is 18.2 Å². The van der Waals surface area contributed by atoms with Crippen molar-refractivity contribution in [3.05, 3.63) is 51.5 Å². The van der Waals surface area contributed by atoms with Crippen LogP contribution in [0.15, 0.2) is 29.8 Å². The topological polar surface area (TPSA) is 45.2 Å². The number of thiazole rings is 1. The van der Waals surface area contributed by atoms with E-state index < -0.39 is 0 Å². The molecule has 0 bridgehead atoms. The van der Waals surface area contributed by atoms with Gasteiger partial charge < -0.3 is 10.2 Å². The minimum atomic E-state index is 0. The number of carbonyl (C=O) groups is 1. The maximum Gasteiger partial charge on any atom is 0.253 e. The van der Waals surface area contributed by atoms with E-state index >= 15 is 0 Å². The average Bonchev–Trinajstić information content (AvgIpc) is 3.23. The molecule has 2 aromatic rings. The first-order chi connectivity index (χ1) is 11.2. The van der Waals surface area contributed by atoms with Gasteiger partial charge in [0.1, 0.15) is 0 Å². The Morgan fingerprint density at radius 3 is 2.88 bits per heavy atom. The third-order valence-electron chi connectivity index (χ3n) is 4.56. The number of halogens is 1. The normalized spacial score (nSPS) is 16.7. The lowest BCUT2D eigenvalue weighted by Gasteiger charge is -2.20. The first-order valence-corrected chi connectivity index (χ1v) is 8.99. The fourth-order valence-corrected chi connectivity index (χ4v) is 3.88. The van der Waals surface area contributed by atoms with Crippen LogP contribution in [0.1, 0.15) is 38.8 Å². The molecule has 1 fully saturated rings. The van der Waals surface area contributed by atoms with Crippen LogP contribution in [-0.2, 0) is 6.42 Å². The second-order valence-electron chi connectivity index (χ2n) is 6.11. The van der Waals surface area contributed by atoms with Crippen LogP contribution in [0.4, 0.5) is 0 Å². The van der Waals surface area contributed by atoms with Gasteiger partial charge in [0.25, 0.3) is 5.91 Å². The zero-order chi connectivity index (χ0) is 16.2. The van der Waals surface area contributed by atoms with Gasteiger partial charge in [-0.2, -0.15) is 0 Å². The highest BCUT2D eigenvalue weighted by Gasteiger charge is 2.23. The fourth-order valence-electron chi connectivity index (χ4n) is 3.11. The molecular weight excluding hydrogens is 342 g/mol. The molecule has 1 atom stereocenters.